The van der Waals surface area contributed by atoms with Crippen LogP contribution in [0.1, 0.15) is 29.7 Å². The number of rotatable bonds is 3. The molecule has 2 heterocycles. The molecule has 5 heteroatoms. The number of piperidine rings is 1. The van der Waals surface area contributed by atoms with E-state index < -0.39 is 5.60 Å². The van der Waals surface area contributed by atoms with E-state index in [2.05, 4.69) is 4.98 Å². The number of likely N-dealkylation sites (tertiary alicyclic amines) is 1. The minimum atomic E-state index is -0.952. The Labute approximate surface area is 147 Å². The van der Waals surface area contributed by atoms with E-state index in [0.29, 0.717) is 37.4 Å². The number of carbonyl (C=O) groups is 1. The van der Waals surface area contributed by atoms with Gasteiger partial charge in [0.1, 0.15) is 5.60 Å². The van der Waals surface area contributed by atoms with Crippen LogP contribution in [-0.4, -0.2) is 34.0 Å². The quantitative estimate of drug-likeness (QED) is 0.930. The third-order valence-electron chi connectivity index (χ3n) is 4.69. The lowest BCUT2D eigenvalue weighted by atomic mass is 9.85. The monoisotopic (exact) mass is 344 g/mol. The summed E-state index contributed by atoms with van der Waals surface area (Å²) in [6.45, 7) is 3.00. The van der Waals surface area contributed by atoms with Crippen molar-refractivity contribution in [1.82, 2.24) is 9.88 Å². The fourth-order valence-electron chi connectivity index (χ4n) is 3.25. The highest BCUT2D eigenvalue weighted by Gasteiger charge is 2.37. The molecule has 1 saturated heterocycles. The topological polar surface area (TPSA) is 53.4 Å². The Morgan fingerprint density at radius 3 is 2.62 bits per heavy atom. The van der Waals surface area contributed by atoms with Gasteiger partial charge in [-0.15, -0.1) is 0 Å². The van der Waals surface area contributed by atoms with Gasteiger partial charge in [0.25, 0.3) is 0 Å². The average Bonchev–Trinajstić information content (AvgIpc) is 2.58. The molecule has 1 aliphatic rings. The number of aliphatic hydroxyl groups is 1. The summed E-state index contributed by atoms with van der Waals surface area (Å²) in [7, 11) is 0. The van der Waals surface area contributed by atoms with Crippen molar-refractivity contribution in [2.24, 2.45) is 0 Å². The molecular formula is C19H21ClN2O2. The number of pyridine rings is 1. The van der Waals surface area contributed by atoms with E-state index in [1.165, 1.54) is 0 Å². The van der Waals surface area contributed by atoms with Crippen molar-refractivity contribution in [3.8, 4) is 0 Å². The van der Waals surface area contributed by atoms with Crippen molar-refractivity contribution in [3.63, 3.8) is 0 Å². The molecule has 1 aromatic heterocycles. The van der Waals surface area contributed by atoms with Crippen LogP contribution in [0.5, 0.6) is 0 Å². The average molecular weight is 345 g/mol. The fraction of sp³-hybridized carbons (Fsp3) is 0.368. The molecule has 0 spiro atoms. The summed E-state index contributed by atoms with van der Waals surface area (Å²) < 4.78 is 0. The normalized spacial score (nSPS) is 16.9. The van der Waals surface area contributed by atoms with Crippen molar-refractivity contribution in [2.45, 2.75) is 31.8 Å². The second-order valence-corrected chi connectivity index (χ2v) is 6.76. The van der Waals surface area contributed by atoms with Crippen molar-refractivity contribution < 1.29 is 9.90 Å². The fourth-order valence-corrected chi connectivity index (χ4v) is 3.45. The first-order valence-corrected chi connectivity index (χ1v) is 8.53. The summed E-state index contributed by atoms with van der Waals surface area (Å²) in [6, 6.07) is 11.2. The van der Waals surface area contributed by atoms with Crippen LogP contribution in [0, 0.1) is 6.92 Å². The number of carbonyl (C=O) groups excluding carboxylic acids is 1. The molecule has 3 rings (SSSR count). The van der Waals surface area contributed by atoms with E-state index in [1.807, 2.05) is 37.3 Å². The predicted molar refractivity (Wildman–Crippen MR) is 93.8 cm³/mol. The number of aromatic nitrogens is 1. The zero-order valence-electron chi connectivity index (χ0n) is 13.7. The van der Waals surface area contributed by atoms with Crippen LogP contribution in [-0.2, 0) is 16.8 Å². The Bertz CT molecular complexity index is 740. The summed E-state index contributed by atoms with van der Waals surface area (Å²) in [6.07, 6.45) is 2.99. The van der Waals surface area contributed by atoms with Crippen LogP contribution in [0.4, 0.5) is 0 Å². The molecule has 24 heavy (non-hydrogen) atoms. The number of halogens is 1. The van der Waals surface area contributed by atoms with Gasteiger partial charge in [0.15, 0.2) is 0 Å². The number of hydrogen-bond donors (Lipinski definition) is 1. The SMILES string of the molecule is Cc1cccnc1C1(O)CCN(C(=O)Cc2ccccc2Cl)CC1. The highest BCUT2D eigenvalue weighted by molar-refractivity contribution is 6.31. The third kappa shape index (κ3) is 3.45. The number of aryl methyl sites for hydroxylation is 1. The van der Waals surface area contributed by atoms with E-state index in [1.54, 1.807) is 17.2 Å². The summed E-state index contributed by atoms with van der Waals surface area (Å²) in [5.41, 5.74) is 1.59. The Hall–Kier alpha value is -1.91. The first-order chi connectivity index (χ1) is 11.5. The molecular weight excluding hydrogens is 324 g/mol. The largest absolute Gasteiger partial charge is 0.383 e. The summed E-state index contributed by atoms with van der Waals surface area (Å²) in [5.74, 6) is 0.0443. The van der Waals surface area contributed by atoms with Gasteiger partial charge in [0, 0.05) is 24.3 Å². The van der Waals surface area contributed by atoms with Gasteiger partial charge >= 0.3 is 0 Å². The molecule has 0 saturated carbocycles. The summed E-state index contributed by atoms with van der Waals surface area (Å²) in [4.78, 5) is 18.7. The van der Waals surface area contributed by atoms with E-state index in [0.717, 1.165) is 16.8 Å². The smallest absolute Gasteiger partial charge is 0.227 e. The molecule has 1 N–H and O–H groups in total. The van der Waals surface area contributed by atoms with Gasteiger partial charge < -0.3 is 10.0 Å². The molecule has 4 nitrogen and oxygen atoms in total. The van der Waals surface area contributed by atoms with Gasteiger partial charge in [-0.2, -0.15) is 0 Å². The number of hydrogen-bond acceptors (Lipinski definition) is 3. The molecule has 1 fully saturated rings. The summed E-state index contributed by atoms with van der Waals surface area (Å²) >= 11 is 6.13. The van der Waals surface area contributed by atoms with Gasteiger partial charge in [-0.05, 0) is 43.0 Å². The lowest BCUT2D eigenvalue weighted by molar-refractivity contribution is -0.135. The molecule has 0 radical (unpaired) electrons. The van der Waals surface area contributed by atoms with Crippen molar-refractivity contribution >= 4 is 17.5 Å². The van der Waals surface area contributed by atoms with Crippen molar-refractivity contribution in [3.05, 3.63) is 64.4 Å². The maximum absolute atomic E-state index is 12.5. The Morgan fingerprint density at radius 1 is 1.25 bits per heavy atom. The molecule has 0 aliphatic carbocycles. The van der Waals surface area contributed by atoms with E-state index in [9.17, 15) is 9.90 Å². The van der Waals surface area contributed by atoms with Crippen LogP contribution in [0.2, 0.25) is 5.02 Å². The van der Waals surface area contributed by atoms with Crippen LogP contribution in [0.15, 0.2) is 42.6 Å². The maximum atomic E-state index is 12.5. The van der Waals surface area contributed by atoms with Crippen LogP contribution in [0.25, 0.3) is 0 Å². The van der Waals surface area contributed by atoms with Crippen LogP contribution < -0.4 is 0 Å². The Balaban J connectivity index is 1.66. The molecule has 1 amide bonds. The van der Waals surface area contributed by atoms with E-state index in [4.69, 9.17) is 11.6 Å². The van der Waals surface area contributed by atoms with Crippen LogP contribution >= 0.6 is 11.6 Å². The molecule has 1 aromatic carbocycles. The third-order valence-corrected chi connectivity index (χ3v) is 5.06. The summed E-state index contributed by atoms with van der Waals surface area (Å²) in [5, 5.41) is 11.5. The molecule has 2 aromatic rings. The predicted octanol–water partition coefficient (Wildman–Crippen LogP) is 3.10. The molecule has 126 valence electrons. The zero-order valence-corrected chi connectivity index (χ0v) is 14.5. The number of nitrogens with zero attached hydrogens (tertiary/aromatic N) is 2. The van der Waals surface area contributed by atoms with Gasteiger partial charge in [-0.3, -0.25) is 9.78 Å². The number of benzene rings is 1. The molecule has 1 aliphatic heterocycles. The first-order valence-electron chi connectivity index (χ1n) is 8.15. The van der Waals surface area contributed by atoms with Gasteiger partial charge in [-0.1, -0.05) is 35.9 Å². The lowest BCUT2D eigenvalue weighted by Crippen LogP contribution is -2.46. The van der Waals surface area contributed by atoms with Crippen LogP contribution in [0.3, 0.4) is 0 Å². The van der Waals surface area contributed by atoms with Crippen molar-refractivity contribution in [1.29, 1.82) is 0 Å². The standard InChI is InChI=1S/C19H21ClN2O2/c1-14-5-4-10-21-18(14)19(24)8-11-22(12-9-19)17(23)13-15-6-2-3-7-16(15)20/h2-7,10,24H,8-9,11-13H2,1H3. The molecule has 0 bridgehead atoms. The lowest BCUT2D eigenvalue weighted by Gasteiger charge is -2.38. The van der Waals surface area contributed by atoms with Crippen molar-refractivity contribution in [2.75, 3.05) is 13.1 Å². The zero-order chi connectivity index (χ0) is 17.2. The van der Waals surface area contributed by atoms with E-state index in [-0.39, 0.29) is 5.91 Å². The number of amides is 1. The maximum Gasteiger partial charge on any atom is 0.227 e. The van der Waals surface area contributed by atoms with Gasteiger partial charge in [-0.25, -0.2) is 0 Å². The highest BCUT2D eigenvalue weighted by atomic mass is 35.5. The second kappa shape index (κ2) is 6.91. The highest BCUT2D eigenvalue weighted by Crippen LogP contribution is 2.33. The van der Waals surface area contributed by atoms with E-state index >= 15 is 0 Å². The van der Waals surface area contributed by atoms with Gasteiger partial charge in [0.05, 0.1) is 12.1 Å². The minimum absolute atomic E-state index is 0.0443. The molecule has 0 unspecified atom stereocenters. The van der Waals surface area contributed by atoms with Gasteiger partial charge in [0.2, 0.25) is 5.91 Å². The molecule has 0 atom stereocenters. The first kappa shape index (κ1) is 16.9. The second-order valence-electron chi connectivity index (χ2n) is 6.35. The minimum Gasteiger partial charge on any atom is -0.383 e. The Kier molecular flexibility index (Phi) is 4.88. The Morgan fingerprint density at radius 2 is 1.96 bits per heavy atom.